The average Bonchev–Trinajstić information content (AvgIpc) is 2.63. The third kappa shape index (κ3) is 4.93. The number of likely N-dealkylation sites (N-methyl/N-ethyl adjacent to an activating group) is 1. The Balaban J connectivity index is 1.74. The minimum atomic E-state index is -0.0651. The van der Waals surface area contributed by atoms with E-state index in [1.165, 1.54) is 11.1 Å². The van der Waals surface area contributed by atoms with Gasteiger partial charge >= 0.3 is 0 Å². The molecule has 0 aromatic heterocycles. The number of rotatable bonds is 6. The number of aryl methyl sites for hydroxylation is 2. The molecule has 0 aliphatic carbocycles. The molecule has 3 rings (SSSR count). The van der Waals surface area contributed by atoms with Crippen LogP contribution in [-0.4, -0.2) is 43.0 Å². The van der Waals surface area contributed by atoms with E-state index in [1.54, 1.807) is 6.07 Å². The molecule has 26 heavy (non-hydrogen) atoms. The number of piperazine rings is 1. The number of hydrogen-bond acceptors (Lipinski definition) is 2. The normalized spacial score (nSPS) is 16.2. The van der Waals surface area contributed by atoms with Gasteiger partial charge in [0.05, 0.1) is 0 Å². The van der Waals surface area contributed by atoms with Gasteiger partial charge in [-0.25, -0.2) is 4.39 Å². The van der Waals surface area contributed by atoms with Gasteiger partial charge in [0.2, 0.25) is 0 Å². The molecule has 0 bridgehead atoms. The number of nitrogens with zero attached hydrogens (tertiary/aromatic N) is 2. The van der Waals surface area contributed by atoms with Crippen LogP contribution < -0.4 is 0 Å². The Morgan fingerprint density at radius 3 is 2.46 bits per heavy atom. The van der Waals surface area contributed by atoms with E-state index in [4.69, 9.17) is 0 Å². The quantitative estimate of drug-likeness (QED) is 0.671. The van der Waals surface area contributed by atoms with E-state index in [9.17, 15) is 4.39 Å². The van der Waals surface area contributed by atoms with Gasteiger partial charge in [0.25, 0.3) is 0 Å². The molecule has 0 radical (unpaired) electrons. The standard InChI is InChI=1S/C22H28BrFN2/c1-3-17-7-9-20(23)15-18(17)8-10-21-19(5-4-6-22(21)24)16-26-13-11-25(2)12-14-26/h4-7,9,15H,3,8,10-14,16H2,1-2H3. The van der Waals surface area contributed by atoms with Crippen molar-refractivity contribution in [1.82, 2.24) is 9.80 Å². The highest BCUT2D eigenvalue weighted by Crippen LogP contribution is 2.22. The Bertz CT molecular complexity index is 739. The molecule has 0 atom stereocenters. The van der Waals surface area contributed by atoms with E-state index in [0.29, 0.717) is 0 Å². The van der Waals surface area contributed by atoms with Crippen molar-refractivity contribution >= 4 is 15.9 Å². The molecule has 2 aromatic carbocycles. The minimum Gasteiger partial charge on any atom is -0.304 e. The van der Waals surface area contributed by atoms with Gasteiger partial charge in [-0.3, -0.25) is 4.90 Å². The van der Waals surface area contributed by atoms with Gasteiger partial charge in [-0.05, 0) is 66.8 Å². The number of benzene rings is 2. The van der Waals surface area contributed by atoms with E-state index in [0.717, 1.165) is 67.6 Å². The van der Waals surface area contributed by atoms with E-state index >= 15 is 0 Å². The summed E-state index contributed by atoms with van der Waals surface area (Å²) in [7, 11) is 2.16. The summed E-state index contributed by atoms with van der Waals surface area (Å²) in [5.74, 6) is -0.0651. The van der Waals surface area contributed by atoms with Crippen molar-refractivity contribution in [1.29, 1.82) is 0 Å². The van der Waals surface area contributed by atoms with Crippen molar-refractivity contribution in [3.63, 3.8) is 0 Å². The molecule has 1 aliphatic rings. The molecular formula is C22H28BrFN2. The maximum absolute atomic E-state index is 14.6. The van der Waals surface area contributed by atoms with Crippen LogP contribution in [0.4, 0.5) is 4.39 Å². The molecule has 0 N–H and O–H groups in total. The Hall–Kier alpha value is -1.23. The van der Waals surface area contributed by atoms with Gasteiger partial charge in [-0.2, -0.15) is 0 Å². The van der Waals surface area contributed by atoms with E-state index < -0.39 is 0 Å². The van der Waals surface area contributed by atoms with Crippen molar-refractivity contribution in [2.45, 2.75) is 32.7 Å². The highest BCUT2D eigenvalue weighted by atomic mass is 79.9. The van der Waals surface area contributed by atoms with Crippen molar-refractivity contribution in [2.24, 2.45) is 0 Å². The van der Waals surface area contributed by atoms with Crippen LogP contribution in [0.25, 0.3) is 0 Å². The fraction of sp³-hybridized carbons (Fsp3) is 0.455. The molecule has 1 aliphatic heterocycles. The molecule has 140 valence electrons. The number of hydrogen-bond donors (Lipinski definition) is 0. The number of halogens is 2. The first-order chi connectivity index (χ1) is 12.6. The predicted octanol–water partition coefficient (Wildman–Crippen LogP) is 4.68. The van der Waals surface area contributed by atoms with Crippen molar-refractivity contribution < 1.29 is 4.39 Å². The van der Waals surface area contributed by atoms with Crippen molar-refractivity contribution in [3.8, 4) is 0 Å². The van der Waals surface area contributed by atoms with Crippen LogP contribution in [0.1, 0.15) is 29.2 Å². The van der Waals surface area contributed by atoms with E-state index in [-0.39, 0.29) is 5.82 Å². The summed E-state index contributed by atoms with van der Waals surface area (Å²) in [6.07, 6.45) is 2.63. The minimum absolute atomic E-state index is 0.0651. The Morgan fingerprint density at radius 1 is 0.962 bits per heavy atom. The van der Waals surface area contributed by atoms with Crippen LogP contribution in [0.5, 0.6) is 0 Å². The zero-order valence-electron chi connectivity index (χ0n) is 15.8. The molecule has 0 unspecified atom stereocenters. The highest BCUT2D eigenvalue weighted by Gasteiger charge is 2.17. The monoisotopic (exact) mass is 418 g/mol. The summed E-state index contributed by atoms with van der Waals surface area (Å²) in [6, 6.07) is 12.0. The first-order valence-electron chi connectivity index (χ1n) is 9.51. The smallest absolute Gasteiger partial charge is 0.126 e. The molecule has 4 heteroatoms. The van der Waals surface area contributed by atoms with Gasteiger partial charge in [0, 0.05) is 37.2 Å². The van der Waals surface area contributed by atoms with Crippen LogP contribution in [0.3, 0.4) is 0 Å². The summed E-state index contributed by atoms with van der Waals surface area (Å²) >= 11 is 3.57. The summed E-state index contributed by atoms with van der Waals surface area (Å²) in [4.78, 5) is 4.79. The Kier molecular flexibility index (Phi) is 6.85. The average molecular weight is 419 g/mol. The third-order valence-electron chi connectivity index (χ3n) is 5.40. The first-order valence-corrected chi connectivity index (χ1v) is 10.3. The zero-order chi connectivity index (χ0) is 18.5. The Labute approximate surface area is 165 Å². The Morgan fingerprint density at radius 2 is 1.73 bits per heavy atom. The fourth-order valence-electron chi connectivity index (χ4n) is 3.71. The van der Waals surface area contributed by atoms with Crippen LogP contribution in [0.2, 0.25) is 0 Å². The molecule has 0 spiro atoms. The molecule has 2 nitrogen and oxygen atoms in total. The third-order valence-corrected chi connectivity index (χ3v) is 5.89. The van der Waals surface area contributed by atoms with Crippen LogP contribution in [0, 0.1) is 5.82 Å². The maximum atomic E-state index is 14.6. The van der Waals surface area contributed by atoms with E-state index in [1.807, 2.05) is 6.07 Å². The van der Waals surface area contributed by atoms with E-state index in [2.05, 4.69) is 64.0 Å². The van der Waals surface area contributed by atoms with Gasteiger partial charge in [0.15, 0.2) is 0 Å². The predicted molar refractivity (Wildman–Crippen MR) is 110 cm³/mol. The van der Waals surface area contributed by atoms with Gasteiger partial charge in [0.1, 0.15) is 5.82 Å². The van der Waals surface area contributed by atoms with Crippen LogP contribution in [-0.2, 0) is 25.8 Å². The first kappa shape index (κ1) is 19.5. The topological polar surface area (TPSA) is 6.48 Å². The molecular weight excluding hydrogens is 391 g/mol. The lowest BCUT2D eigenvalue weighted by atomic mass is 9.95. The lowest BCUT2D eigenvalue weighted by Gasteiger charge is -2.32. The van der Waals surface area contributed by atoms with Gasteiger partial charge in [-0.1, -0.05) is 41.1 Å². The molecule has 0 amide bonds. The van der Waals surface area contributed by atoms with Gasteiger partial charge in [-0.15, -0.1) is 0 Å². The van der Waals surface area contributed by atoms with Crippen molar-refractivity contribution in [3.05, 3.63) is 68.9 Å². The maximum Gasteiger partial charge on any atom is 0.126 e. The molecule has 1 saturated heterocycles. The van der Waals surface area contributed by atoms with Crippen LogP contribution in [0.15, 0.2) is 40.9 Å². The molecule has 1 heterocycles. The second-order valence-electron chi connectivity index (χ2n) is 7.22. The molecule has 0 saturated carbocycles. The lowest BCUT2D eigenvalue weighted by Crippen LogP contribution is -2.44. The fourth-order valence-corrected chi connectivity index (χ4v) is 4.12. The summed E-state index contributed by atoms with van der Waals surface area (Å²) < 4.78 is 15.7. The van der Waals surface area contributed by atoms with Crippen LogP contribution >= 0.6 is 15.9 Å². The second kappa shape index (κ2) is 9.12. The second-order valence-corrected chi connectivity index (χ2v) is 8.14. The highest BCUT2D eigenvalue weighted by molar-refractivity contribution is 9.10. The summed E-state index contributed by atoms with van der Waals surface area (Å²) in [5, 5.41) is 0. The largest absolute Gasteiger partial charge is 0.304 e. The molecule has 2 aromatic rings. The lowest BCUT2D eigenvalue weighted by molar-refractivity contribution is 0.148. The SMILES string of the molecule is CCc1ccc(Br)cc1CCc1c(F)cccc1CN1CCN(C)CC1. The molecule has 1 fully saturated rings. The van der Waals surface area contributed by atoms with Gasteiger partial charge < -0.3 is 4.90 Å². The van der Waals surface area contributed by atoms with Crippen molar-refractivity contribution in [2.75, 3.05) is 33.2 Å². The zero-order valence-corrected chi connectivity index (χ0v) is 17.4. The summed E-state index contributed by atoms with van der Waals surface area (Å²) in [6.45, 7) is 7.30. The summed E-state index contributed by atoms with van der Waals surface area (Å²) in [5.41, 5.74) is 4.69.